The van der Waals surface area contributed by atoms with E-state index >= 15 is 0 Å². The fourth-order valence-corrected chi connectivity index (χ4v) is 0.927. The van der Waals surface area contributed by atoms with Crippen LogP contribution in [-0.2, 0) is 0 Å². The first kappa shape index (κ1) is 9.03. The second-order valence-corrected chi connectivity index (χ2v) is 2.32. The second kappa shape index (κ2) is 3.13. The van der Waals surface area contributed by atoms with Crippen LogP contribution in [0.15, 0.2) is 36.0 Å². The molecule has 0 saturated heterocycles. The molecule has 0 saturated carbocycles. The van der Waals surface area contributed by atoms with Crippen LogP contribution in [0.1, 0.15) is 0 Å². The summed E-state index contributed by atoms with van der Waals surface area (Å²) in [7, 11) is 0. The predicted octanol–water partition coefficient (Wildman–Crippen LogP) is 2.94. The molecule has 0 amide bonds. The number of hydrogen-bond acceptors (Lipinski definition) is 0. The van der Waals surface area contributed by atoms with Crippen molar-refractivity contribution in [3.8, 4) is 0 Å². The Morgan fingerprint density at radius 3 is 2.42 bits per heavy atom. The van der Waals surface area contributed by atoms with Crippen molar-refractivity contribution in [3.05, 3.63) is 36.0 Å². The van der Waals surface area contributed by atoms with Crippen molar-refractivity contribution in [1.82, 2.24) is 0 Å². The predicted molar refractivity (Wildman–Crippen MR) is 37.3 cm³/mol. The minimum absolute atomic E-state index is 0.271. The highest BCUT2D eigenvalue weighted by Gasteiger charge is 2.30. The molecule has 0 heterocycles. The molecule has 2 atom stereocenters. The average molecular weight is 178 g/mol. The molecule has 0 aromatic carbocycles. The van der Waals surface area contributed by atoms with Crippen LogP contribution in [0.2, 0.25) is 0 Å². The summed E-state index contributed by atoms with van der Waals surface area (Å²) < 4.78 is 50.2. The van der Waals surface area contributed by atoms with E-state index in [1.807, 2.05) is 0 Å². The quantitative estimate of drug-likeness (QED) is 0.541. The number of alkyl halides is 2. The van der Waals surface area contributed by atoms with Crippen LogP contribution < -0.4 is 0 Å². The Labute approximate surface area is 66.9 Å². The summed E-state index contributed by atoms with van der Waals surface area (Å²) in [5, 5.41) is 0. The van der Waals surface area contributed by atoms with Crippen molar-refractivity contribution in [2.45, 2.75) is 12.3 Å². The summed E-state index contributed by atoms with van der Waals surface area (Å²) in [5.74, 6) is -2.61. The molecule has 1 aliphatic rings. The summed E-state index contributed by atoms with van der Waals surface area (Å²) >= 11 is 0. The molecule has 0 radical (unpaired) electrons. The van der Waals surface area contributed by atoms with E-state index in [4.69, 9.17) is 0 Å². The molecular formula is C8H6F4. The molecule has 1 aliphatic carbocycles. The average Bonchev–Trinajstić information content (AvgIpc) is 2.02. The van der Waals surface area contributed by atoms with E-state index < -0.39 is 29.6 Å². The lowest BCUT2D eigenvalue weighted by molar-refractivity contribution is 0.307. The molecule has 0 nitrogen and oxygen atoms in total. The Bertz CT molecular complexity index is 264. The first-order valence-corrected chi connectivity index (χ1v) is 3.25. The van der Waals surface area contributed by atoms with Gasteiger partial charge in [-0.1, -0.05) is 12.7 Å². The molecule has 12 heavy (non-hydrogen) atoms. The molecule has 0 aromatic rings. The zero-order valence-corrected chi connectivity index (χ0v) is 6.03. The van der Waals surface area contributed by atoms with Crippen molar-refractivity contribution >= 4 is 0 Å². The topological polar surface area (TPSA) is 0 Å². The van der Waals surface area contributed by atoms with Gasteiger partial charge in [0.1, 0.15) is 11.7 Å². The number of rotatable bonds is 1. The molecule has 4 heteroatoms. The smallest absolute Gasteiger partial charge is 0.179 e. The number of hydrogen-bond donors (Lipinski definition) is 0. The molecule has 0 N–H and O–H groups in total. The first-order valence-electron chi connectivity index (χ1n) is 3.25. The summed E-state index contributed by atoms with van der Waals surface area (Å²) in [6, 6.07) is 0. The zero-order chi connectivity index (χ0) is 9.30. The highest BCUT2D eigenvalue weighted by Crippen LogP contribution is 2.31. The van der Waals surface area contributed by atoms with Crippen molar-refractivity contribution < 1.29 is 17.6 Å². The fourth-order valence-electron chi connectivity index (χ4n) is 0.927. The highest BCUT2D eigenvalue weighted by molar-refractivity contribution is 5.38. The van der Waals surface area contributed by atoms with Crippen molar-refractivity contribution in [2.75, 3.05) is 0 Å². The van der Waals surface area contributed by atoms with Gasteiger partial charge in [-0.2, -0.15) is 0 Å². The van der Waals surface area contributed by atoms with Gasteiger partial charge < -0.3 is 0 Å². The summed E-state index contributed by atoms with van der Waals surface area (Å²) in [6.07, 6.45) is -3.36. The van der Waals surface area contributed by atoms with Gasteiger partial charge in [-0.3, -0.25) is 0 Å². The zero-order valence-electron chi connectivity index (χ0n) is 6.03. The maximum Gasteiger partial charge on any atom is 0.179 e. The van der Waals surface area contributed by atoms with Crippen LogP contribution in [0.5, 0.6) is 0 Å². The molecular weight excluding hydrogens is 172 g/mol. The molecule has 0 fully saturated rings. The van der Waals surface area contributed by atoms with E-state index in [-0.39, 0.29) is 6.08 Å². The Hall–Kier alpha value is -1.06. The standard InChI is InChI=1S/C8H6F4/c1-2-4-7(11)5(9)3-6(10)8(4)12/h2-3,5,8H,1H2. The van der Waals surface area contributed by atoms with Gasteiger partial charge in [-0.25, -0.2) is 17.6 Å². The van der Waals surface area contributed by atoms with Gasteiger partial charge in [0.2, 0.25) is 0 Å². The lowest BCUT2D eigenvalue weighted by atomic mass is 10.0. The van der Waals surface area contributed by atoms with Crippen LogP contribution in [0.25, 0.3) is 0 Å². The van der Waals surface area contributed by atoms with E-state index in [2.05, 4.69) is 6.58 Å². The van der Waals surface area contributed by atoms with E-state index in [0.717, 1.165) is 6.08 Å². The van der Waals surface area contributed by atoms with Crippen LogP contribution in [0.3, 0.4) is 0 Å². The fraction of sp³-hybridized carbons (Fsp3) is 0.250. The lowest BCUT2D eigenvalue weighted by Gasteiger charge is -2.15. The Morgan fingerprint density at radius 2 is 1.92 bits per heavy atom. The highest BCUT2D eigenvalue weighted by atomic mass is 19.2. The van der Waals surface area contributed by atoms with Crippen molar-refractivity contribution in [1.29, 1.82) is 0 Å². The third-order valence-electron chi connectivity index (χ3n) is 1.56. The molecule has 0 bridgehead atoms. The van der Waals surface area contributed by atoms with Gasteiger partial charge in [0, 0.05) is 5.57 Å². The monoisotopic (exact) mass is 178 g/mol. The third kappa shape index (κ3) is 1.29. The number of halogens is 4. The van der Waals surface area contributed by atoms with Crippen molar-refractivity contribution in [3.63, 3.8) is 0 Å². The minimum atomic E-state index is -2.21. The van der Waals surface area contributed by atoms with Crippen LogP contribution >= 0.6 is 0 Å². The van der Waals surface area contributed by atoms with Crippen LogP contribution in [0, 0.1) is 0 Å². The normalized spacial score (nSPS) is 30.2. The van der Waals surface area contributed by atoms with Gasteiger partial charge in [0.05, 0.1) is 0 Å². The van der Waals surface area contributed by atoms with E-state index in [0.29, 0.717) is 0 Å². The van der Waals surface area contributed by atoms with E-state index in [1.165, 1.54) is 0 Å². The Balaban J connectivity index is 3.08. The van der Waals surface area contributed by atoms with Gasteiger partial charge in [-0.15, -0.1) is 0 Å². The van der Waals surface area contributed by atoms with E-state index in [9.17, 15) is 17.6 Å². The van der Waals surface area contributed by atoms with Crippen LogP contribution in [0.4, 0.5) is 17.6 Å². The van der Waals surface area contributed by atoms with Crippen LogP contribution in [-0.4, -0.2) is 12.3 Å². The van der Waals surface area contributed by atoms with E-state index in [1.54, 1.807) is 0 Å². The van der Waals surface area contributed by atoms with Gasteiger partial charge in [0.15, 0.2) is 12.3 Å². The summed E-state index contributed by atoms with van der Waals surface area (Å²) in [5.41, 5.74) is -0.664. The maximum absolute atomic E-state index is 12.7. The maximum atomic E-state index is 12.7. The first-order chi connectivity index (χ1) is 5.57. The molecule has 1 rings (SSSR count). The SMILES string of the molecule is C=CC1=C(F)C(F)C=C(F)C1F. The van der Waals surface area contributed by atoms with Gasteiger partial charge >= 0.3 is 0 Å². The third-order valence-corrected chi connectivity index (χ3v) is 1.56. The van der Waals surface area contributed by atoms with Gasteiger partial charge in [-0.05, 0) is 6.08 Å². The molecule has 0 aliphatic heterocycles. The second-order valence-electron chi connectivity index (χ2n) is 2.32. The Kier molecular flexibility index (Phi) is 2.35. The van der Waals surface area contributed by atoms with Gasteiger partial charge in [0.25, 0.3) is 0 Å². The summed E-state index contributed by atoms with van der Waals surface area (Å²) in [4.78, 5) is 0. The summed E-state index contributed by atoms with van der Waals surface area (Å²) in [6.45, 7) is 3.06. The Morgan fingerprint density at radius 1 is 1.33 bits per heavy atom. The molecule has 66 valence electrons. The molecule has 2 unspecified atom stereocenters. The minimum Gasteiger partial charge on any atom is -0.235 e. The molecule has 0 spiro atoms. The lowest BCUT2D eigenvalue weighted by Crippen LogP contribution is -2.16. The largest absolute Gasteiger partial charge is 0.235 e. The number of allylic oxidation sites excluding steroid dienone is 5. The van der Waals surface area contributed by atoms with Crippen molar-refractivity contribution in [2.24, 2.45) is 0 Å². The molecule has 0 aromatic heterocycles.